The van der Waals surface area contributed by atoms with Crippen LogP contribution in [0.3, 0.4) is 0 Å². The van der Waals surface area contributed by atoms with Gasteiger partial charge in [0.2, 0.25) is 5.91 Å². The lowest BCUT2D eigenvalue weighted by Gasteiger charge is -2.16. The van der Waals surface area contributed by atoms with E-state index in [0.717, 1.165) is 12.1 Å². The second-order valence-electron chi connectivity index (χ2n) is 4.76. The maximum atomic E-state index is 13.1. The largest absolute Gasteiger partial charge is 0.448 e. The molecule has 23 heavy (non-hydrogen) atoms. The molecule has 1 aliphatic heterocycles. The van der Waals surface area contributed by atoms with Crippen molar-refractivity contribution < 1.29 is 27.9 Å². The predicted octanol–water partition coefficient (Wildman–Crippen LogP) is 1.10. The number of hydrogen-bond acceptors (Lipinski definition) is 5. The lowest BCUT2D eigenvalue weighted by atomic mass is 10.2. The molecular formula is C14H13F2N3O4. The van der Waals surface area contributed by atoms with Gasteiger partial charge in [-0.1, -0.05) is 0 Å². The number of anilines is 1. The first-order chi connectivity index (χ1) is 10.9. The highest BCUT2D eigenvalue weighted by Crippen LogP contribution is 2.14. The molecule has 0 aliphatic carbocycles. The van der Waals surface area contributed by atoms with E-state index in [2.05, 4.69) is 15.8 Å². The smallest absolute Gasteiger partial charge is 0.355 e. The van der Waals surface area contributed by atoms with Gasteiger partial charge in [0.1, 0.15) is 5.71 Å². The zero-order valence-electron chi connectivity index (χ0n) is 12.1. The number of hydrazone groups is 1. The van der Waals surface area contributed by atoms with E-state index in [9.17, 15) is 23.2 Å². The Hall–Kier alpha value is -2.84. The summed E-state index contributed by atoms with van der Waals surface area (Å²) >= 11 is 0. The van der Waals surface area contributed by atoms with Gasteiger partial charge in [0, 0.05) is 24.6 Å². The Kier molecular flexibility index (Phi) is 4.99. The van der Waals surface area contributed by atoms with Crippen LogP contribution in [0.2, 0.25) is 0 Å². The number of carbonyl (C=O) groups excluding carboxylic acids is 3. The van der Waals surface area contributed by atoms with Crippen molar-refractivity contribution in [3.63, 3.8) is 0 Å². The van der Waals surface area contributed by atoms with Crippen molar-refractivity contribution in [2.75, 3.05) is 5.32 Å². The fourth-order valence-corrected chi connectivity index (χ4v) is 1.72. The number of esters is 1. The summed E-state index contributed by atoms with van der Waals surface area (Å²) < 4.78 is 30.8. The molecular weight excluding hydrogens is 312 g/mol. The highest BCUT2D eigenvalue weighted by Gasteiger charge is 2.24. The number of benzene rings is 1. The molecule has 1 atom stereocenters. The molecule has 0 bridgehead atoms. The molecule has 7 nitrogen and oxygen atoms in total. The SMILES string of the molecule is C[C@H](OC(=O)C1=NNC(=O)CC1)C(=O)Nc1ccc(F)c(F)c1. The number of halogens is 2. The summed E-state index contributed by atoms with van der Waals surface area (Å²) in [4.78, 5) is 34.6. The summed E-state index contributed by atoms with van der Waals surface area (Å²) in [5.74, 6) is -4.02. The highest BCUT2D eigenvalue weighted by molar-refractivity contribution is 6.37. The lowest BCUT2D eigenvalue weighted by molar-refractivity contribution is -0.146. The minimum Gasteiger partial charge on any atom is -0.448 e. The summed E-state index contributed by atoms with van der Waals surface area (Å²) in [6.45, 7) is 1.31. The summed E-state index contributed by atoms with van der Waals surface area (Å²) in [6, 6.07) is 2.84. The molecule has 1 aromatic rings. The van der Waals surface area contributed by atoms with Crippen LogP contribution in [0.4, 0.5) is 14.5 Å². The Morgan fingerprint density at radius 2 is 2.04 bits per heavy atom. The van der Waals surface area contributed by atoms with Gasteiger partial charge in [0.25, 0.3) is 5.91 Å². The summed E-state index contributed by atoms with van der Waals surface area (Å²) in [5, 5.41) is 5.84. The van der Waals surface area contributed by atoms with E-state index < -0.39 is 29.6 Å². The standard InChI is InChI=1S/C14H13F2N3O4/c1-7(23-14(22)11-4-5-12(20)19-18-11)13(21)17-8-2-3-9(15)10(16)6-8/h2-3,6-7H,4-5H2,1H3,(H,17,21)(H,19,20)/t7-/m0/s1. The maximum Gasteiger partial charge on any atom is 0.355 e. The molecule has 2 N–H and O–H groups in total. The van der Waals surface area contributed by atoms with Gasteiger partial charge in [-0.15, -0.1) is 0 Å². The van der Waals surface area contributed by atoms with Crippen LogP contribution >= 0.6 is 0 Å². The average Bonchev–Trinajstić information content (AvgIpc) is 2.51. The number of rotatable bonds is 4. The first kappa shape index (κ1) is 16.5. The second-order valence-corrected chi connectivity index (χ2v) is 4.76. The van der Waals surface area contributed by atoms with Crippen molar-refractivity contribution in [1.29, 1.82) is 0 Å². The van der Waals surface area contributed by atoms with Gasteiger partial charge in [-0.3, -0.25) is 9.59 Å². The van der Waals surface area contributed by atoms with Crippen molar-refractivity contribution in [2.24, 2.45) is 5.10 Å². The molecule has 0 radical (unpaired) electrons. The number of hydrogen-bond donors (Lipinski definition) is 2. The Labute approximate surface area is 129 Å². The average molecular weight is 325 g/mol. The maximum absolute atomic E-state index is 13.1. The van der Waals surface area contributed by atoms with Crippen molar-refractivity contribution in [1.82, 2.24) is 5.43 Å². The van der Waals surface area contributed by atoms with Crippen molar-refractivity contribution in [3.05, 3.63) is 29.8 Å². The number of carbonyl (C=O) groups is 3. The zero-order valence-corrected chi connectivity index (χ0v) is 12.1. The normalized spacial score (nSPS) is 15.3. The third-order valence-electron chi connectivity index (χ3n) is 2.98. The topological polar surface area (TPSA) is 96.9 Å². The Balaban J connectivity index is 1.93. The molecule has 2 amide bonds. The zero-order chi connectivity index (χ0) is 17.0. The molecule has 2 rings (SSSR count). The number of nitrogens with one attached hydrogen (secondary N) is 2. The van der Waals surface area contributed by atoms with Crippen LogP contribution in [-0.4, -0.2) is 29.6 Å². The second kappa shape index (κ2) is 6.95. The molecule has 0 aromatic heterocycles. The lowest BCUT2D eigenvalue weighted by Crippen LogP contribution is -2.35. The number of nitrogens with zero attached hydrogens (tertiary/aromatic N) is 1. The third kappa shape index (κ3) is 4.31. The van der Waals surface area contributed by atoms with Gasteiger partial charge in [0.15, 0.2) is 17.7 Å². The fourth-order valence-electron chi connectivity index (χ4n) is 1.72. The van der Waals surface area contributed by atoms with Crippen LogP contribution in [-0.2, 0) is 19.1 Å². The first-order valence-corrected chi connectivity index (χ1v) is 6.69. The van der Waals surface area contributed by atoms with E-state index in [1.807, 2.05) is 0 Å². The fraction of sp³-hybridized carbons (Fsp3) is 0.286. The van der Waals surface area contributed by atoms with Gasteiger partial charge in [-0.05, 0) is 19.1 Å². The molecule has 1 heterocycles. The summed E-state index contributed by atoms with van der Waals surface area (Å²) in [7, 11) is 0. The van der Waals surface area contributed by atoms with E-state index in [-0.39, 0.29) is 30.1 Å². The van der Waals surface area contributed by atoms with Crippen LogP contribution in [0.25, 0.3) is 0 Å². The molecule has 0 saturated carbocycles. The van der Waals surface area contributed by atoms with Gasteiger partial charge < -0.3 is 10.1 Å². The van der Waals surface area contributed by atoms with E-state index in [4.69, 9.17) is 4.74 Å². The monoisotopic (exact) mass is 325 g/mol. The molecule has 1 aromatic carbocycles. The minimum absolute atomic E-state index is 0.00271. The van der Waals surface area contributed by atoms with Crippen LogP contribution in [0.5, 0.6) is 0 Å². The number of ether oxygens (including phenoxy) is 1. The Morgan fingerprint density at radius 1 is 1.30 bits per heavy atom. The van der Waals surface area contributed by atoms with E-state index in [1.54, 1.807) is 0 Å². The Morgan fingerprint density at radius 3 is 2.65 bits per heavy atom. The number of amides is 2. The van der Waals surface area contributed by atoms with Crippen molar-refractivity contribution in [2.45, 2.75) is 25.9 Å². The predicted molar refractivity (Wildman–Crippen MR) is 75.4 cm³/mol. The molecule has 9 heteroatoms. The van der Waals surface area contributed by atoms with E-state index in [1.165, 1.54) is 13.0 Å². The van der Waals surface area contributed by atoms with Crippen molar-refractivity contribution in [3.8, 4) is 0 Å². The molecule has 0 saturated heterocycles. The summed E-state index contributed by atoms with van der Waals surface area (Å²) in [6.07, 6.45) is -0.970. The van der Waals surface area contributed by atoms with Gasteiger partial charge in [-0.25, -0.2) is 19.0 Å². The molecule has 0 fully saturated rings. The first-order valence-electron chi connectivity index (χ1n) is 6.69. The molecule has 122 valence electrons. The Bertz CT molecular complexity index is 691. The molecule has 1 aliphatic rings. The van der Waals surface area contributed by atoms with Gasteiger partial charge in [-0.2, -0.15) is 5.10 Å². The van der Waals surface area contributed by atoms with Crippen LogP contribution in [0.15, 0.2) is 23.3 Å². The third-order valence-corrected chi connectivity index (χ3v) is 2.98. The van der Waals surface area contributed by atoms with E-state index in [0.29, 0.717) is 0 Å². The summed E-state index contributed by atoms with van der Waals surface area (Å²) in [5.41, 5.74) is 2.16. The van der Waals surface area contributed by atoms with Crippen LogP contribution < -0.4 is 10.7 Å². The van der Waals surface area contributed by atoms with Gasteiger partial charge >= 0.3 is 5.97 Å². The molecule has 0 spiro atoms. The minimum atomic E-state index is -1.18. The molecule has 0 unspecified atom stereocenters. The quantitative estimate of drug-likeness (QED) is 0.810. The van der Waals surface area contributed by atoms with Gasteiger partial charge in [0.05, 0.1) is 0 Å². The van der Waals surface area contributed by atoms with E-state index >= 15 is 0 Å². The van der Waals surface area contributed by atoms with Crippen LogP contribution in [0.1, 0.15) is 19.8 Å². The highest BCUT2D eigenvalue weighted by atomic mass is 19.2. The van der Waals surface area contributed by atoms with Crippen LogP contribution in [0, 0.1) is 11.6 Å². The van der Waals surface area contributed by atoms with Crippen molar-refractivity contribution >= 4 is 29.2 Å².